The Morgan fingerprint density at radius 3 is 1.61 bits per heavy atom. The number of phenols is 2. The van der Waals surface area contributed by atoms with Crippen LogP contribution in [0.2, 0.25) is 0 Å². The van der Waals surface area contributed by atoms with Gasteiger partial charge in [0.05, 0.1) is 0 Å². The minimum atomic E-state index is -0.0322. The van der Waals surface area contributed by atoms with Crippen molar-refractivity contribution in [3.05, 3.63) is 68.8 Å². The first-order chi connectivity index (χ1) is 13.1. The summed E-state index contributed by atoms with van der Waals surface area (Å²) in [6.07, 6.45) is 2.07. The summed E-state index contributed by atoms with van der Waals surface area (Å²) in [7, 11) is 0. The van der Waals surface area contributed by atoms with E-state index in [1.807, 2.05) is 26.0 Å². The van der Waals surface area contributed by atoms with Gasteiger partial charge in [-0.3, -0.25) is 0 Å². The second-order valence-corrected chi connectivity index (χ2v) is 9.13. The molecule has 0 heterocycles. The number of hydrogen-bond acceptors (Lipinski definition) is 2. The molecule has 28 heavy (non-hydrogen) atoms. The van der Waals surface area contributed by atoms with Gasteiger partial charge in [0.15, 0.2) is 0 Å². The van der Waals surface area contributed by atoms with Crippen molar-refractivity contribution in [3.8, 4) is 11.5 Å². The molecule has 3 rings (SSSR count). The van der Waals surface area contributed by atoms with Gasteiger partial charge in [-0.05, 0) is 77.3 Å². The average molecular weight is 379 g/mol. The molecule has 0 radical (unpaired) electrons. The predicted octanol–water partition coefficient (Wildman–Crippen LogP) is 6.85. The third-order valence-corrected chi connectivity index (χ3v) is 6.68. The second kappa shape index (κ2) is 7.66. The Kier molecular flexibility index (Phi) is 5.61. The van der Waals surface area contributed by atoms with E-state index in [0.29, 0.717) is 23.3 Å². The second-order valence-electron chi connectivity index (χ2n) is 9.13. The molecule has 2 N–H and O–H groups in total. The average Bonchev–Trinajstić information content (AvgIpc) is 2.60. The molecule has 0 amide bonds. The number of allylic oxidation sites excluding steroid dienone is 2. The number of hydrogen-bond donors (Lipinski definition) is 2. The standard InChI is InChI=1S/C26H34O2/c1-14-8-19(6)25(27)22(10-14)24(21-13-17(4)16(3)12-18(21)5)23-11-15(2)9-20(7)26(23)28/h8-11,18,21,24,27-28H,12-13H2,1-7H3. The number of aromatic hydroxyl groups is 2. The molecular weight excluding hydrogens is 344 g/mol. The van der Waals surface area contributed by atoms with Gasteiger partial charge < -0.3 is 10.2 Å². The van der Waals surface area contributed by atoms with Crippen LogP contribution in [0.25, 0.3) is 0 Å². The molecule has 0 spiro atoms. The first-order valence-corrected chi connectivity index (χ1v) is 10.4. The van der Waals surface area contributed by atoms with E-state index in [2.05, 4.69) is 46.8 Å². The van der Waals surface area contributed by atoms with Gasteiger partial charge in [0.25, 0.3) is 0 Å². The summed E-state index contributed by atoms with van der Waals surface area (Å²) in [6, 6.07) is 8.27. The van der Waals surface area contributed by atoms with Gasteiger partial charge in [-0.25, -0.2) is 0 Å². The van der Waals surface area contributed by atoms with Gasteiger partial charge >= 0.3 is 0 Å². The van der Waals surface area contributed by atoms with Crippen LogP contribution in [0.5, 0.6) is 11.5 Å². The van der Waals surface area contributed by atoms with Gasteiger partial charge in [-0.1, -0.05) is 53.5 Å². The van der Waals surface area contributed by atoms with Gasteiger partial charge in [-0.15, -0.1) is 0 Å². The largest absolute Gasteiger partial charge is 0.507 e. The van der Waals surface area contributed by atoms with Crippen molar-refractivity contribution in [2.45, 2.75) is 67.2 Å². The Bertz CT molecular complexity index is 878. The van der Waals surface area contributed by atoms with E-state index in [4.69, 9.17) is 0 Å². The van der Waals surface area contributed by atoms with Crippen LogP contribution in [-0.4, -0.2) is 10.2 Å². The van der Waals surface area contributed by atoms with Crippen molar-refractivity contribution in [2.75, 3.05) is 0 Å². The Balaban J connectivity index is 2.28. The third-order valence-electron chi connectivity index (χ3n) is 6.68. The molecule has 0 fully saturated rings. The molecule has 0 aromatic heterocycles. The maximum Gasteiger partial charge on any atom is 0.122 e. The van der Waals surface area contributed by atoms with Crippen LogP contribution in [-0.2, 0) is 0 Å². The van der Waals surface area contributed by atoms with E-state index in [-0.39, 0.29) is 5.92 Å². The molecule has 150 valence electrons. The van der Waals surface area contributed by atoms with Crippen LogP contribution in [0.4, 0.5) is 0 Å². The van der Waals surface area contributed by atoms with Crippen LogP contribution >= 0.6 is 0 Å². The van der Waals surface area contributed by atoms with E-state index >= 15 is 0 Å². The molecule has 0 bridgehead atoms. The predicted molar refractivity (Wildman–Crippen MR) is 117 cm³/mol. The quantitative estimate of drug-likeness (QED) is 0.574. The molecule has 2 aromatic carbocycles. The molecule has 2 nitrogen and oxygen atoms in total. The number of rotatable bonds is 3. The summed E-state index contributed by atoms with van der Waals surface area (Å²) in [6.45, 7) is 14.9. The number of benzene rings is 2. The first-order valence-electron chi connectivity index (χ1n) is 10.4. The maximum absolute atomic E-state index is 11.0. The van der Waals surface area contributed by atoms with Gasteiger partial charge in [-0.2, -0.15) is 0 Å². The molecule has 1 aliphatic carbocycles. The molecule has 1 aliphatic rings. The molecule has 0 aliphatic heterocycles. The highest BCUT2D eigenvalue weighted by Gasteiger charge is 2.36. The zero-order chi connectivity index (χ0) is 20.7. The molecule has 0 saturated heterocycles. The SMILES string of the molecule is CC1=C(C)CC(C(c2cc(C)cc(C)c2O)c2cc(C)cc(C)c2O)C(C)C1. The van der Waals surface area contributed by atoms with E-state index < -0.39 is 0 Å². The lowest BCUT2D eigenvalue weighted by Crippen LogP contribution is -2.26. The molecule has 2 unspecified atom stereocenters. The van der Waals surface area contributed by atoms with Gasteiger partial charge in [0, 0.05) is 17.0 Å². The van der Waals surface area contributed by atoms with E-state index in [1.165, 1.54) is 11.1 Å². The Morgan fingerprint density at radius 2 is 1.14 bits per heavy atom. The summed E-state index contributed by atoms with van der Waals surface area (Å²) in [5.74, 6) is 1.52. The van der Waals surface area contributed by atoms with Crippen molar-refractivity contribution in [1.82, 2.24) is 0 Å². The highest BCUT2D eigenvalue weighted by Crippen LogP contribution is 2.50. The Hall–Kier alpha value is -2.22. The summed E-state index contributed by atoms with van der Waals surface area (Å²) in [5, 5.41) is 22.0. The van der Waals surface area contributed by atoms with Crippen molar-refractivity contribution in [2.24, 2.45) is 11.8 Å². The molecular formula is C26H34O2. The van der Waals surface area contributed by atoms with Crippen molar-refractivity contribution < 1.29 is 10.2 Å². The van der Waals surface area contributed by atoms with Crippen molar-refractivity contribution in [1.29, 1.82) is 0 Å². The monoisotopic (exact) mass is 378 g/mol. The van der Waals surface area contributed by atoms with Crippen molar-refractivity contribution >= 4 is 0 Å². The van der Waals surface area contributed by atoms with E-state index in [9.17, 15) is 10.2 Å². The van der Waals surface area contributed by atoms with Crippen LogP contribution in [0.15, 0.2) is 35.4 Å². The molecule has 2 atom stereocenters. The van der Waals surface area contributed by atoms with Crippen molar-refractivity contribution in [3.63, 3.8) is 0 Å². The normalized spacial score (nSPS) is 20.1. The fourth-order valence-electron chi connectivity index (χ4n) is 5.07. The van der Waals surface area contributed by atoms with Gasteiger partial charge in [0.1, 0.15) is 11.5 Å². The lowest BCUT2D eigenvalue weighted by molar-refractivity contribution is 0.290. The lowest BCUT2D eigenvalue weighted by atomic mass is 9.66. The summed E-state index contributed by atoms with van der Waals surface area (Å²) < 4.78 is 0. The Labute approximate surface area is 169 Å². The highest BCUT2D eigenvalue weighted by molar-refractivity contribution is 5.54. The maximum atomic E-state index is 11.0. The third kappa shape index (κ3) is 3.70. The fraction of sp³-hybridized carbons (Fsp3) is 0.462. The van der Waals surface area contributed by atoms with E-state index in [0.717, 1.165) is 46.2 Å². The highest BCUT2D eigenvalue weighted by atomic mass is 16.3. The molecule has 2 aromatic rings. The van der Waals surface area contributed by atoms with Crippen LogP contribution in [0.3, 0.4) is 0 Å². The van der Waals surface area contributed by atoms with Crippen LogP contribution in [0, 0.1) is 39.5 Å². The number of phenolic OH excluding ortho intramolecular Hbond substituents is 2. The zero-order valence-corrected chi connectivity index (χ0v) is 18.4. The first kappa shape index (κ1) is 20.5. The van der Waals surface area contributed by atoms with E-state index in [1.54, 1.807) is 0 Å². The summed E-state index contributed by atoms with van der Waals surface area (Å²) in [5.41, 5.74) is 8.91. The Morgan fingerprint density at radius 1 is 0.714 bits per heavy atom. The van der Waals surface area contributed by atoms with Gasteiger partial charge in [0.2, 0.25) is 0 Å². The minimum absolute atomic E-state index is 0.0322. The lowest BCUT2D eigenvalue weighted by Gasteiger charge is -2.38. The summed E-state index contributed by atoms with van der Waals surface area (Å²) in [4.78, 5) is 0. The smallest absolute Gasteiger partial charge is 0.122 e. The molecule has 2 heteroatoms. The molecule has 0 saturated carbocycles. The minimum Gasteiger partial charge on any atom is -0.507 e. The van der Waals surface area contributed by atoms with Crippen LogP contribution < -0.4 is 0 Å². The van der Waals surface area contributed by atoms with Crippen LogP contribution in [0.1, 0.15) is 72.9 Å². The number of aryl methyl sites for hydroxylation is 4. The fourth-order valence-corrected chi connectivity index (χ4v) is 5.07. The summed E-state index contributed by atoms with van der Waals surface area (Å²) >= 11 is 0. The topological polar surface area (TPSA) is 40.5 Å². The zero-order valence-electron chi connectivity index (χ0n) is 18.4.